The van der Waals surface area contributed by atoms with Crippen molar-refractivity contribution in [2.45, 2.75) is 64.9 Å². The summed E-state index contributed by atoms with van der Waals surface area (Å²) in [6.45, 7) is 15.6. The lowest BCUT2D eigenvalue weighted by Gasteiger charge is -2.29. The molecule has 0 saturated carbocycles. The summed E-state index contributed by atoms with van der Waals surface area (Å²) in [7, 11) is 0. The third-order valence-corrected chi connectivity index (χ3v) is 4.31. The average Bonchev–Trinajstić information content (AvgIpc) is 2.39. The molecule has 0 aromatic heterocycles. The Balaban J connectivity index is 2.42. The Morgan fingerprint density at radius 2 is 1.82 bits per heavy atom. The Morgan fingerprint density at radius 3 is 2.32 bits per heavy atom. The van der Waals surface area contributed by atoms with Gasteiger partial charge in [0.2, 0.25) is 0 Å². The van der Waals surface area contributed by atoms with Gasteiger partial charge in [0.1, 0.15) is 5.75 Å². The lowest BCUT2D eigenvalue weighted by molar-refractivity contribution is 0.0288. The van der Waals surface area contributed by atoms with Crippen molar-refractivity contribution in [3.05, 3.63) is 28.8 Å². The molecule has 0 spiro atoms. The number of hydrogen-bond acceptors (Lipinski definition) is 3. The number of morpholine rings is 1. The molecule has 1 aromatic rings. The quantitative estimate of drug-likeness (QED) is 0.878. The Bertz CT molecular complexity index is 517. The molecule has 1 aliphatic heterocycles. The third-order valence-electron chi connectivity index (χ3n) is 4.31. The summed E-state index contributed by atoms with van der Waals surface area (Å²) in [6.07, 6.45) is 0.897. The molecule has 0 bridgehead atoms. The first-order chi connectivity index (χ1) is 10.1. The van der Waals surface area contributed by atoms with Gasteiger partial charge >= 0.3 is 0 Å². The zero-order chi connectivity index (χ0) is 16.5. The maximum atomic E-state index is 10.8. The van der Waals surface area contributed by atoms with E-state index in [2.05, 4.69) is 59.0 Å². The summed E-state index contributed by atoms with van der Waals surface area (Å²) in [5.41, 5.74) is 3.29. The largest absolute Gasteiger partial charge is 0.507 e. The summed E-state index contributed by atoms with van der Waals surface area (Å²) in [5.74, 6) is 0.440. The van der Waals surface area contributed by atoms with E-state index >= 15 is 0 Å². The second-order valence-corrected chi connectivity index (χ2v) is 8.43. The highest BCUT2D eigenvalue weighted by atomic mass is 16.5. The molecule has 0 radical (unpaired) electrons. The van der Waals surface area contributed by atoms with Crippen LogP contribution in [0.3, 0.4) is 0 Å². The molecule has 124 valence electrons. The van der Waals surface area contributed by atoms with Crippen molar-refractivity contribution in [1.82, 2.24) is 5.32 Å². The van der Waals surface area contributed by atoms with Crippen molar-refractivity contribution in [3.63, 3.8) is 0 Å². The summed E-state index contributed by atoms with van der Waals surface area (Å²) in [6, 6.07) is 4.32. The smallest absolute Gasteiger partial charge is 0.122 e. The van der Waals surface area contributed by atoms with Crippen LogP contribution < -0.4 is 5.32 Å². The molecular formula is C19H31NO2. The normalized spacial score (nSPS) is 20.2. The molecule has 1 aromatic carbocycles. The van der Waals surface area contributed by atoms with Crippen molar-refractivity contribution in [3.8, 4) is 5.75 Å². The number of rotatable bonds is 2. The fourth-order valence-electron chi connectivity index (χ4n) is 2.85. The van der Waals surface area contributed by atoms with Crippen LogP contribution in [0.4, 0.5) is 0 Å². The van der Waals surface area contributed by atoms with Crippen LogP contribution >= 0.6 is 0 Å². The number of phenols is 1. The van der Waals surface area contributed by atoms with Crippen molar-refractivity contribution in [2.24, 2.45) is 0 Å². The zero-order valence-electron chi connectivity index (χ0n) is 14.9. The molecule has 22 heavy (non-hydrogen) atoms. The fourth-order valence-corrected chi connectivity index (χ4v) is 2.85. The molecule has 2 rings (SSSR count). The molecule has 3 nitrogen and oxygen atoms in total. The second kappa shape index (κ2) is 6.21. The minimum absolute atomic E-state index is 0.0636. The number of hydrogen-bond donors (Lipinski definition) is 2. The van der Waals surface area contributed by atoms with Gasteiger partial charge in [0.15, 0.2) is 0 Å². The topological polar surface area (TPSA) is 41.5 Å². The van der Waals surface area contributed by atoms with Gasteiger partial charge in [0.05, 0.1) is 12.7 Å². The van der Waals surface area contributed by atoms with E-state index in [4.69, 9.17) is 4.74 Å². The fraction of sp³-hybridized carbons (Fsp3) is 0.684. The van der Waals surface area contributed by atoms with E-state index in [1.54, 1.807) is 0 Å². The SMILES string of the molecule is CC(C)(C)c1cc(CC2CNCCO2)c(O)c(C(C)(C)C)c1. The average molecular weight is 305 g/mol. The molecule has 1 atom stereocenters. The van der Waals surface area contributed by atoms with Crippen molar-refractivity contribution in [2.75, 3.05) is 19.7 Å². The molecule has 1 fully saturated rings. The first-order valence-corrected chi connectivity index (χ1v) is 8.28. The molecule has 2 N–H and O–H groups in total. The van der Waals surface area contributed by atoms with Gasteiger partial charge in [0.25, 0.3) is 0 Å². The van der Waals surface area contributed by atoms with Gasteiger partial charge in [-0.1, -0.05) is 53.7 Å². The van der Waals surface area contributed by atoms with E-state index in [-0.39, 0.29) is 16.9 Å². The minimum atomic E-state index is -0.0776. The van der Waals surface area contributed by atoms with Gasteiger partial charge in [0, 0.05) is 19.5 Å². The van der Waals surface area contributed by atoms with Crippen LogP contribution in [-0.4, -0.2) is 30.9 Å². The molecule has 0 aliphatic carbocycles. The van der Waals surface area contributed by atoms with Crippen molar-refractivity contribution >= 4 is 0 Å². The Labute approximate surface area is 135 Å². The van der Waals surface area contributed by atoms with E-state index in [0.717, 1.165) is 37.2 Å². The standard InChI is InChI=1S/C19H31NO2/c1-18(2,3)14-9-13(10-15-12-20-7-8-22-15)17(21)16(11-14)19(4,5)6/h9,11,15,20-21H,7-8,10,12H2,1-6H3. The molecule has 1 saturated heterocycles. The molecule has 1 aliphatic rings. The van der Waals surface area contributed by atoms with E-state index in [9.17, 15) is 5.11 Å². The predicted octanol–water partition coefficient (Wildman–Crippen LogP) is 3.52. The molecule has 3 heteroatoms. The first kappa shape index (κ1) is 17.3. The maximum absolute atomic E-state index is 10.8. The Hall–Kier alpha value is -1.06. The van der Waals surface area contributed by atoms with Gasteiger partial charge < -0.3 is 15.2 Å². The van der Waals surface area contributed by atoms with Gasteiger partial charge in [-0.25, -0.2) is 0 Å². The van der Waals surface area contributed by atoms with Crippen LogP contribution in [0.1, 0.15) is 58.2 Å². The number of benzene rings is 1. The van der Waals surface area contributed by atoms with E-state index < -0.39 is 0 Å². The summed E-state index contributed by atoms with van der Waals surface area (Å²) in [4.78, 5) is 0. The second-order valence-electron chi connectivity index (χ2n) is 8.43. The van der Waals surface area contributed by atoms with E-state index in [0.29, 0.717) is 5.75 Å². The molecular weight excluding hydrogens is 274 g/mol. The zero-order valence-corrected chi connectivity index (χ0v) is 14.9. The van der Waals surface area contributed by atoms with Crippen molar-refractivity contribution in [1.29, 1.82) is 0 Å². The highest BCUT2D eigenvalue weighted by Gasteiger charge is 2.26. The van der Waals surface area contributed by atoms with E-state index in [1.807, 2.05) is 0 Å². The van der Waals surface area contributed by atoms with Gasteiger partial charge in [-0.2, -0.15) is 0 Å². The third kappa shape index (κ3) is 4.02. The lowest BCUT2D eigenvalue weighted by atomic mass is 9.78. The van der Waals surface area contributed by atoms with Crippen LogP contribution in [0.15, 0.2) is 12.1 Å². The van der Waals surface area contributed by atoms with Crippen molar-refractivity contribution < 1.29 is 9.84 Å². The first-order valence-electron chi connectivity index (χ1n) is 8.28. The van der Waals surface area contributed by atoms with Crippen LogP contribution in [0.25, 0.3) is 0 Å². The van der Waals surface area contributed by atoms with E-state index in [1.165, 1.54) is 5.56 Å². The highest BCUT2D eigenvalue weighted by molar-refractivity contribution is 5.49. The summed E-state index contributed by atoms with van der Waals surface area (Å²) < 4.78 is 5.81. The van der Waals surface area contributed by atoms with Crippen LogP contribution in [0.2, 0.25) is 0 Å². The van der Waals surface area contributed by atoms with Gasteiger partial charge in [-0.15, -0.1) is 0 Å². The predicted molar refractivity (Wildman–Crippen MR) is 91.8 cm³/mol. The summed E-state index contributed by atoms with van der Waals surface area (Å²) >= 11 is 0. The van der Waals surface area contributed by atoms with Crippen LogP contribution in [0, 0.1) is 0 Å². The number of phenolic OH excluding ortho intramolecular Hbond substituents is 1. The lowest BCUT2D eigenvalue weighted by Crippen LogP contribution is -2.39. The number of nitrogens with one attached hydrogen (secondary N) is 1. The minimum Gasteiger partial charge on any atom is -0.507 e. The van der Waals surface area contributed by atoms with Gasteiger partial charge in [-0.3, -0.25) is 0 Å². The van der Waals surface area contributed by atoms with Crippen LogP contribution in [-0.2, 0) is 22.0 Å². The number of ether oxygens (including phenoxy) is 1. The summed E-state index contributed by atoms with van der Waals surface area (Å²) in [5, 5.41) is 14.1. The maximum Gasteiger partial charge on any atom is 0.122 e. The molecule has 1 unspecified atom stereocenters. The Morgan fingerprint density at radius 1 is 1.14 bits per heavy atom. The number of aromatic hydroxyl groups is 1. The van der Waals surface area contributed by atoms with Crippen LogP contribution in [0.5, 0.6) is 5.75 Å². The Kier molecular flexibility index (Phi) is 4.88. The molecule has 0 amide bonds. The highest BCUT2D eigenvalue weighted by Crippen LogP contribution is 2.38. The molecule has 1 heterocycles. The van der Waals surface area contributed by atoms with Gasteiger partial charge in [-0.05, 0) is 27.5 Å². The monoisotopic (exact) mass is 305 g/mol.